The van der Waals surface area contributed by atoms with Crippen LogP contribution in [0.2, 0.25) is 0 Å². The molecule has 3 rings (SSSR count). The van der Waals surface area contributed by atoms with Crippen LogP contribution in [0, 0.1) is 0 Å². The Kier molecular flexibility index (Phi) is 2.64. The normalized spacial score (nSPS) is 40.4. The number of piperidine rings is 1. The zero-order valence-electron chi connectivity index (χ0n) is 9.98. The second-order valence-corrected chi connectivity index (χ2v) is 5.31. The Balaban J connectivity index is 1.77. The molecule has 0 aromatic carbocycles. The van der Waals surface area contributed by atoms with E-state index in [9.17, 15) is 4.79 Å². The Morgan fingerprint density at radius 1 is 1.19 bits per heavy atom. The van der Waals surface area contributed by atoms with Gasteiger partial charge in [-0.3, -0.25) is 15.0 Å². The van der Waals surface area contributed by atoms with Crippen molar-refractivity contribution in [2.75, 3.05) is 19.6 Å². The first-order valence-electron chi connectivity index (χ1n) is 6.56. The number of hydrogen-bond donors (Lipinski definition) is 1. The molecule has 3 heterocycles. The van der Waals surface area contributed by atoms with Gasteiger partial charge >= 0.3 is 0 Å². The van der Waals surface area contributed by atoms with Gasteiger partial charge in [0.2, 0.25) is 5.91 Å². The van der Waals surface area contributed by atoms with Crippen LogP contribution in [-0.4, -0.2) is 53.6 Å². The molecular weight excluding hydrogens is 202 g/mol. The second kappa shape index (κ2) is 4.00. The van der Waals surface area contributed by atoms with Crippen LogP contribution in [0.25, 0.3) is 0 Å². The molecule has 3 atom stereocenters. The smallest absolute Gasteiger partial charge is 0.238 e. The van der Waals surface area contributed by atoms with Crippen molar-refractivity contribution in [3.63, 3.8) is 0 Å². The van der Waals surface area contributed by atoms with Gasteiger partial charge in [-0.05, 0) is 32.7 Å². The Morgan fingerprint density at radius 3 is 2.81 bits per heavy atom. The molecule has 0 bridgehead atoms. The van der Waals surface area contributed by atoms with Crippen molar-refractivity contribution in [3.8, 4) is 0 Å². The third kappa shape index (κ3) is 1.55. The summed E-state index contributed by atoms with van der Waals surface area (Å²) in [5, 5.41) is 3.25. The van der Waals surface area contributed by atoms with Gasteiger partial charge < -0.3 is 4.90 Å². The predicted molar refractivity (Wildman–Crippen MR) is 61.9 cm³/mol. The van der Waals surface area contributed by atoms with E-state index < -0.39 is 0 Å². The van der Waals surface area contributed by atoms with Crippen LogP contribution in [-0.2, 0) is 4.79 Å². The first-order valence-corrected chi connectivity index (χ1v) is 6.56. The minimum Gasteiger partial charge on any atom is -0.322 e. The van der Waals surface area contributed by atoms with E-state index in [4.69, 9.17) is 0 Å². The molecule has 4 nitrogen and oxygen atoms in total. The molecule has 3 fully saturated rings. The van der Waals surface area contributed by atoms with Crippen LogP contribution < -0.4 is 5.32 Å². The van der Waals surface area contributed by atoms with Crippen LogP contribution in [0.15, 0.2) is 0 Å². The Morgan fingerprint density at radius 2 is 2.06 bits per heavy atom. The molecule has 16 heavy (non-hydrogen) atoms. The quantitative estimate of drug-likeness (QED) is 0.698. The highest BCUT2D eigenvalue weighted by molar-refractivity contribution is 5.81. The fraction of sp³-hybridized carbons (Fsp3) is 0.917. The lowest BCUT2D eigenvalue weighted by molar-refractivity contribution is -0.130. The molecule has 3 aliphatic rings. The Labute approximate surface area is 97.0 Å². The molecule has 1 N–H and O–H groups in total. The molecule has 0 aromatic heterocycles. The van der Waals surface area contributed by atoms with E-state index in [0.29, 0.717) is 24.5 Å². The van der Waals surface area contributed by atoms with Gasteiger partial charge in [0.1, 0.15) is 0 Å². The predicted octanol–water partition coefficient (Wildman–Crippen LogP) is 0.391. The zero-order chi connectivity index (χ0) is 11.1. The maximum absolute atomic E-state index is 11.9. The summed E-state index contributed by atoms with van der Waals surface area (Å²) >= 11 is 0. The maximum Gasteiger partial charge on any atom is 0.238 e. The molecule has 4 heteroatoms. The molecule has 0 aromatic rings. The third-order valence-corrected chi connectivity index (χ3v) is 4.43. The van der Waals surface area contributed by atoms with Crippen molar-refractivity contribution in [1.29, 1.82) is 0 Å². The van der Waals surface area contributed by atoms with Gasteiger partial charge in [-0.25, -0.2) is 0 Å². The molecule has 3 aliphatic heterocycles. The van der Waals surface area contributed by atoms with Crippen LogP contribution in [0.4, 0.5) is 0 Å². The standard InChI is InChI=1S/C12H21N3O/c1-9-13-8-12(16)15(9)11-5-7-14-6-3-2-4-10(11)14/h9-11,13H,2-8H2,1H3. The van der Waals surface area contributed by atoms with Crippen molar-refractivity contribution in [3.05, 3.63) is 0 Å². The van der Waals surface area contributed by atoms with E-state index in [1.807, 2.05) is 0 Å². The van der Waals surface area contributed by atoms with Crippen LogP contribution in [0.3, 0.4) is 0 Å². The lowest BCUT2D eigenvalue weighted by Crippen LogP contribution is -2.50. The third-order valence-electron chi connectivity index (χ3n) is 4.43. The minimum atomic E-state index is 0.236. The lowest BCUT2D eigenvalue weighted by atomic mass is 9.98. The average Bonchev–Trinajstić information content (AvgIpc) is 2.83. The molecular formula is C12H21N3O. The van der Waals surface area contributed by atoms with Crippen molar-refractivity contribution < 1.29 is 4.79 Å². The van der Waals surface area contributed by atoms with Crippen molar-refractivity contribution in [2.45, 2.75) is 50.9 Å². The summed E-state index contributed by atoms with van der Waals surface area (Å²) in [6.45, 7) is 5.07. The van der Waals surface area contributed by atoms with E-state index in [1.165, 1.54) is 38.8 Å². The molecule has 0 saturated carbocycles. The summed E-state index contributed by atoms with van der Waals surface area (Å²) in [5.41, 5.74) is 0. The number of rotatable bonds is 1. The summed E-state index contributed by atoms with van der Waals surface area (Å²) in [7, 11) is 0. The van der Waals surface area contributed by atoms with E-state index in [-0.39, 0.29) is 6.17 Å². The highest BCUT2D eigenvalue weighted by Crippen LogP contribution is 2.32. The van der Waals surface area contributed by atoms with Gasteiger partial charge in [-0.1, -0.05) is 6.42 Å². The minimum absolute atomic E-state index is 0.236. The van der Waals surface area contributed by atoms with Gasteiger partial charge in [0.15, 0.2) is 0 Å². The highest BCUT2D eigenvalue weighted by Gasteiger charge is 2.43. The van der Waals surface area contributed by atoms with E-state index in [0.717, 1.165) is 0 Å². The number of nitrogens with zero attached hydrogens (tertiary/aromatic N) is 2. The van der Waals surface area contributed by atoms with Gasteiger partial charge in [0.05, 0.1) is 12.7 Å². The maximum atomic E-state index is 11.9. The van der Waals surface area contributed by atoms with Crippen LogP contribution >= 0.6 is 0 Å². The first kappa shape index (κ1) is 10.5. The summed E-state index contributed by atoms with van der Waals surface area (Å²) in [6, 6.07) is 1.11. The van der Waals surface area contributed by atoms with E-state index >= 15 is 0 Å². The van der Waals surface area contributed by atoms with Gasteiger partial charge in [0.25, 0.3) is 0 Å². The number of carbonyl (C=O) groups excluding carboxylic acids is 1. The lowest BCUT2D eigenvalue weighted by Gasteiger charge is -2.37. The number of hydrogen-bond acceptors (Lipinski definition) is 3. The topological polar surface area (TPSA) is 35.6 Å². The summed E-state index contributed by atoms with van der Waals surface area (Å²) in [5.74, 6) is 0.296. The molecule has 0 aliphatic carbocycles. The van der Waals surface area contributed by atoms with Crippen molar-refractivity contribution in [1.82, 2.24) is 15.1 Å². The van der Waals surface area contributed by atoms with Gasteiger partial charge in [-0.2, -0.15) is 0 Å². The van der Waals surface area contributed by atoms with Crippen molar-refractivity contribution >= 4 is 5.91 Å². The van der Waals surface area contributed by atoms with E-state index in [1.54, 1.807) is 0 Å². The Hall–Kier alpha value is -0.610. The highest BCUT2D eigenvalue weighted by atomic mass is 16.2. The first-order chi connectivity index (χ1) is 7.77. The molecule has 3 saturated heterocycles. The largest absolute Gasteiger partial charge is 0.322 e. The summed E-state index contributed by atoms with van der Waals surface area (Å²) in [4.78, 5) is 16.6. The fourth-order valence-electron chi connectivity index (χ4n) is 3.66. The van der Waals surface area contributed by atoms with E-state index in [2.05, 4.69) is 22.0 Å². The SMILES string of the molecule is CC1NCC(=O)N1C1CCN2CCCCC12. The average molecular weight is 223 g/mol. The zero-order valence-corrected chi connectivity index (χ0v) is 9.98. The van der Waals surface area contributed by atoms with Crippen molar-refractivity contribution in [2.24, 2.45) is 0 Å². The molecule has 0 radical (unpaired) electrons. The Bertz CT molecular complexity index is 294. The molecule has 3 unspecified atom stereocenters. The van der Waals surface area contributed by atoms with Gasteiger partial charge in [0, 0.05) is 18.6 Å². The number of nitrogens with one attached hydrogen (secondary N) is 1. The number of carbonyl (C=O) groups is 1. The van der Waals surface area contributed by atoms with Crippen LogP contribution in [0.5, 0.6) is 0 Å². The molecule has 90 valence electrons. The molecule has 1 amide bonds. The number of fused-ring (bicyclic) bond motifs is 1. The fourth-order valence-corrected chi connectivity index (χ4v) is 3.66. The summed E-state index contributed by atoms with van der Waals surface area (Å²) in [6.07, 6.45) is 5.36. The monoisotopic (exact) mass is 223 g/mol. The molecule has 0 spiro atoms. The summed E-state index contributed by atoms with van der Waals surface area (Å²) < 4.78 is 0. The number of amides is 1. The second-order valence-electron chi connectivity index (χ2n) is 5.31. The van der Waals surface area contributed by atoms with Gasteiger partial charge in [-0.15, -0.1) is 0 Å². The van der Waals surface area contributed by atoms with Crippen LogP contribution in [0.1, 0.15) is 32.6 Å².